The number of carbonyl (C=O) groups is 1. The number of carbonyl (C=O) groups excluding carboxylic acids is 1. The largest absolute Gasteiger partial charge is 0.299 e. The topological polar surface area (TPSA) is 54.5 Å². The van der Waals surface area contributed by atoms with E-state index in [-0.39, 0.29) is 17.7 Å². The van der Waals surface area contributed by atoms with Crippen molar-refractivity contribution in [2.45, 2.75) is 70.1 Å². The van der Waals surface area contributed by atoms with Crippen LogP contribution in [0.15, 0.2) is 0 Å². The van der Waals surface area contributed by atoms with E-state index in [1.165, 1.54) is 0 Å². The van der Waals surface area contributed by atoms with Gasteiger partial charge in [-0.15, -0.1) is 0 Å². The quantitative estimate of drug-likeness (QED) is 0.783. The number of ketones is 1. The van der Waals surface area contributed by atoms with Gasteiger partial charge in [-0.05, 0) is 46.5 Å². The van der Waals surface area contributed by atoms with Crippen molar-refractivity contribution in [2.75, 3.05) is 6.54 Å². The molecule has 0 aromatic rings. The van der Waals surface area contributed by atoms with Gasteiger partial charge < -0.3 is 0 Å². The van der Waals surface area contributed by atoms with E-state index in [1.54, 1.807) is 25.1 Å². The minimum Gasteiger partial charge on any atom is -0.299 e. The summed E-state index contributed by atoms with van der Waals surface area (Å²) in [6.45, 7) is 5.80. The van der Waals surface area contributed by atoms with Crippen molar-refractivity contribution in [1.82, 2.24) is 4.31 Å². The van der Waals surface area contributed by atoms with E-state index in [1.807, 2.05) is 0 Å². The van der Waals surface area contributed by atoms with Crippen LogP contribution in [-0.4, -0.2) is 35.8 Å². The highest BCUT2D eigenvalue weighted by atomic mass is 32.2. The van der Waals surface area contributed by atoms with Crippen LogP contribution < -0.4 is 0 Å². The number of nitrogens with zero attached hydrogens (tertiary/aromatic N) is 1. The minimum absolute atomic E-state index is 0.0579. The molecular formula is C14H25NO3S. The van der Waals surface area contributed by atoms with Crippen LogP contribution in [0.25, 0.3) is 0 Å². The Kier molecular flexibility index (Phi) is 4.07. The summed E-state index contributed by atoms with van der Waals surface area (Å²) in [4.78, 5) is 12.0. The zero-order valence-electron chi connectivity index (χ0n) is 12.2. The van der Waals surface area contributed by atoms with Gasteiger partial charge in [0.05, 0.1) is 4.75 Å². The zero-order valence-corrected chi connectivity index (χ0v) is 13.0. The van der Waals surface area contributed by atoms with Crippen LogP contribution in [0.2, 0.25) is 0 Å². The molecule has 2 unspecified atom stereocenters. The molecule has 0 aromatic carbocycles. The second-order valence-corrected chi connectivity index (χ2v) is 9.40. The van der Waals surface area contributed by atoms with Crippen molar-refractivity contribution in [1.29, 1.82) is 0 Å². The van der Waals surface area contributed by atoms with Crippen LogP contribution in [0, 0.1) is 5.92 Å². The van der Waals surface area contributed by atoms with Gasteiger partial charge in [0.2, 0.25) is 10.0 Å². The highest BCUT2D eigenvalue weighted by Crippen LogP contribution is 2.36. The van der Waals surface area contributed by atoms with Gasteiger partial charge in [0.15, 0.2) is 0 Å². The van der Waals surface area contributed by atoms with Crippen LogP contribution in [0.1, 0.15) is 59.3 Å². The highest BCUT2D eigenvalue weighted by Gasteiger charge is 2.45. The molecule has 1 aliphatic heterocycles. The maximum Gasteiger partial charge on any atom is 0.219 e. The summed E-state index contributed by atoms with van der Waals surface area (Å²) in [5.74, 6) is 0.207. The summed E-state index contributed by atoms with van der Waals surface area (Å²) in [6.07, 6.45) is 5.19. The highest BCUT2D eigenvalue weighted by molar-refractivity contribution is 7.90. The standard InChI is InChI=1S/C14H25NO3S/c1-14(2,3)19(17,18)15-10-5-4-8-12(15)11-7-6-9-13(11)16/h11-12H,4-10H2,1-3H3. The van der Waals surface area contributed by atoms with E-state index in [9.17, 15) is 13.2 Å². The first kappa shape index (κ1) is 15.0. The van der Waals surface area contributed by atoms with Gasteiger partial charge in [-0.3, -0.25) is 4.79 Å². The molecule has 2 atom stereocenters. The lowest BCUT2D eigenvalue weighted by atomic mass is 9.90. The molecule has 0 aromatic heterocycles. The van der Waals surface area contributed by atoms with Crippen LogP contribution >= 0.6 is 0 Å². The Hall–Kier alpha value is -0.420. The summed E-state index contributed by atoms with van der Waals surface area (Å²) < 4.78 is 26.2. The van der Waals surface area contributed by atoms with Crippen molar-refractivity contribution >= 4 is 15.8 Å². The number of sulfonamides is 1. The lowest BCUT2D eigenvalue weighted by Gasteiger charge is -2.40. The second kappa shape index (κ2) is 5.17. The van der Waals surface area contributed by atoms with Crippen molar-refractivity contribution in [3.8, 4) is 0 Å². The van der Waals surface area contributed by atoms with Crippen molar-refractivity contribution in [2.24, 2.45) is 5.92 Å². The average Bonchev–Trinajstić information content (AvgIpc) is 2.74. The van der Waals surface area contributed by atoms with E-state index < -0.39 is 14.8 Å². The molecule has 19 heavy (non-hydrogen) atoms. The number of hydrogen-bond donors (Lipinski definition) is 0. The maximum atomic E-state index is 12.7. The zero-order chi connectivity index (χ0) is 14.3. The molecule has 2 rings (SSSR count). The number of hydrogen-bond acceptors (Lipinski definition) is 3. The normalized spacial score (nSPS) is 30.8. The van der Waals surface area contributed by atoms with Crippen molar-refractivity contribution in [3.63, 3.8) is 0 Å². The number of rotatable bonds is 2. The lowest BCUT2D eigenvalue weighted by Crippen LogP contribution is -2.53. The van der Waals surface area contributed by atoms with E-state index in [0.29, 0.717) is 13.0 Å². The van der Waals surface area contributed by atoms with Crippen LogP contribution in [0.4, 0.5) is 0 Å². The van der Waals surface area contributed by atoms with Gasteiger partial charge in [0.1, 0.15) is 5.78 Å². The van der Waals surface area contributed by atoms with Crippen molar-refractivity contribution in [3.05, 3.63) is 0 Å². The number of Topliss-reactive ketones (excluding diaryl/α,β-unsaturated/α-hetero) is 1. The first-order valence-electron chi connectivity index (χ1n) is 7.29. The van der Waals surface area contributed by atoms with Crippen LogP contribution in [-0.2, 0) is 14.8 Å². The smallest absolute Gasteiger partial charge is 0.219 e. The molecule has 4 nitrogen and oxygen atoms in total. The van der Waals surface area contributed by atoms with E-state index >= 15 is 0 Å². The Bertz CT molecular complexity index is 450. The van der Waals surface area contributed by atoms with Crippen molar-refractivity contribution < 1.29 is 13.2 Å². The summed E-state index contributed by atoms with van der Waals surface area (Å²) in [5.41, 5.74) is 0. The lowest BCUT2D eigenvalue weighted by molar-refractivity contribution is -0.122. The predicted octanol–water partition coefficient (Wildman–Crippen LogP) is 2.34. The molecule has 0 radical (unpaired) electrons. The monoisotopic (exact) mass is 287 g/mol. The number of piperidine rings is 1. The first-order chi connectivity index (χ1) is 8.75. The molecule has 1 aliphatic carbocycles. The van der Waals surface area contributed by atoms with Crippen LogP contribution in [0.3, 0.4) is 0 Å². The van der Waals surface area contributed by atoms with Gasteiger partial charge >= 0.3 is 0 Å². The fraction of sp³-hybridized carbons (Fsp3) is 0.929. The van der Waals surface area contributed by atoms with E-state index in [2.05, 4.69) is 0 Å². The molecule has 0 bridgehead atoms. The molecule has 5 heteroatoms. The Morgan fingerprint density at radius 3 is 2.32 bits per heavy atom. The van der Waals surface area contributed by atoms with Gasteiger partial charge in [0.25, 0.3) is 0 Å². The predicted molar refractivity (Wildman–Crippen MR) is 75.4 cm³/mol. The second-order valence-electron chi connectivity index (χ2n) is 6.76. The molecule has 1 heterocycles. The molecule has 2 fully saturated rings. The fourth-order valence-electron chi connectivity index (χ4n) is 3.23. The average molecular weight is 287 g/mol. The fourth-order valence-corrected chi connectivity index (χ4v) is 4.91. The Balaban J connectivity index is 2.29. The molecule has 110 valence electrons. The Morgan fingerprint density at radius 1 is 1.11 bits per heavy atom. The van der Waals surface area contributed by atoms with Gasteiger partial charge in [0, 0.05) is 24.9 Å². The van der Waals surface area contributed by atoms with Gasteiger partial charge in [-0.2, -0.15) is 4.31 Å². The molecule has 1 saturated heterocycles. The molecule has 1 saturated carbocycles. The summed E-state index contributed by atoms with van der Waals surface area (Å²) in [6, 6.07) is -0.0898. The van der Waals surface area contributed by atoms with Gasteiger partial charge in [-0.1, -0.05) is 6.42 Å². The first-order valence-corrected chi connectivity index (χ1v) is 8.73. The Morgan fingerprint density at radius 2 is 1.79 bits per heavy atom. The third kappa shape index (κ3) is 2.72. The maximum absolute atomic E-state index is 12.7. The Labute approximate surface area is 116 Å². The molecular weight excluding hydrogens is 262 g/mol. The van der Waals surface area contributed by atoms with E-state index in [4.69, 9.17) is 0 Å². The summed E-state index contributed by atoms with van der Waals surface area (Å²) in [5, 5.41) is 0. The molecule has 2 aliphatic rings. The molecule has 0 N–H and O–H groups in total. The SMILES string of the molecule is CC(C)(C)S(=O)(=O)N1CCCCC1C1CCCC1=O. The molecule has 0 amide bonds. The third-order valence-electron chi connectivity index (χ3n) is 4.40. The van der Waals surface area contributed by atoms with Gasteiger partial charge in [-0.25, -0.2) is 8.42 Å². The summed E-state index contributed by atoms with van der Waals surface area (Å²) >= 11 is 0. The summed E-state index contributed by atoms with van der Waals surface area (Å²) in [7, 11) is -3.33. The van der Waals surface area contributed by atoms with E-state index in [0.717, 1.165) is 32.1 Å². The minimum atomic E-state index is -3.33. The third-order valence-corrected chi connectivity index (χ3v) is 7.02. The van der Waals surface area contributed by atoms with Crippen LogP contribution in [0.5, 0.6) is 0 Å². The molecule has 0 spiro atoms.